The zero-order chi connectivity index (χ0) is 18.1. The van der Waals surface area contributed by atoms with Gasteiger partial charge in [-0.25, -0.2) is 13.1 Å². The molecule has 0 radical (unpaired) electrons. The van der Waals surface area contributed by atoms with Crippen LogP contribution >= 0.6 is 0 Å². The molecule has 6 heteroatoms. The van der Waals surface area contributed by atoms with Crippen LogP contribution in [-0.4, -0.2) is 38.9 Å². The van der Waals surface area contributed by atoms with E-state index in [2.05, 4.69) is 37.6 Å². The van der Waals surface area contributed by atoms with E-state index in [9.17, 15) is 8.42 Å². The summed E-state index contributed by atoms with van der Waals surface area (Å²) in [4.78, 5) is 5.54. The standard InChI is InChI=1S/C18H30N2O3S/c1-13(2)11-19-24(21,22)16-12-23-20(6)17(16)14-7-9-15(10-8-14)18(3,4)5/h7-10,13,16-17,19H,11-12H2,1-6H3. The SMILES string of the molecule is CC(C)CNS(=O)(=O)C1CON(C)C1c1ccc(C(C)(C)C)cc1. The second-order valence-electron chi connectivity index (χ2n) is 7.98. The third kappa shape index (κ3) is 4.36. The molecule has 1 aromatic carbocycles. The van der Waals surface area contributed by atoms with Gasteiger partial charge in [-0.15, -0.1) is 0 Å². The number of nitrogens with one attached hydrogen (secondary N) is 1. The van der Waals surface area contributed by atoms with Gasteiger partial charge in [-0.3, -0.25) is 4.84 Å². The lowest BCUT2D eigenvalue weighted by molar-refractivity contribution is -0.110. The van der Waals surface area contributed by atoms with Gasteiger partial charge in [0.1, 0.15) is 5.25 Å². The molecule has 1 aliphatic rings. The van der Waals surface area contributed by atoms with Crippen molar-refractivity contribution in [2.24, 2.45) is 5.92 Å². The van der Waals surface area contributed by atoms with Gasteiger partial charge in [-0.05, 0) is 22.5 Å². The van der Waals surface area contributed by atoms with Crippen LogP contribution in [0.25, 0.3) is 0 Å². The molecule has 0 amide bonds. The highest BCUT2D eigenvalue weighted by Crippen LogP contribution is 2.34. The van der Waals surface area contributed by atoms with E-state index < -0.39 is 15.3 Å². The molecule has 1 N–H and O–H groups in total. The summed E-state index contributed by atoms with van der Waals surface area (Å²) in [5, 5.41) is 1.05. The highest BCUT2D eigenvalue weighted by molar-refractivity contribution is 7.90. The molecule has 1 heterocycles. The maximum atomic E-state index is 12.7. The molecular formula is C18H30N2O3S. The predicted octanol–water partition coefficient (Wildman–Crippen LogP) is 2.85. The molecule has 1 aliphatic heterocycles. The monoisotopic (exact) mass is 354 g/mol. The number of hydrogen-bond donors (Lipinski definition) is 1. The van der Waals surface area contributed by atoms with Gasteiger partial charge < -0.3 is 0 Å². The van der Waals surface area contributed by atoms with Crippen molar-refractivity contribution in [3.63, 3.8) is 0 Å². The van der Waals surface area contributed by atoms with Crippen molar-refractivity contribution < 1.29 is 13.3 Å². The Hall–Kier alpha value is -0.950. The average molecular weight is 355 g/mol. The summed E-state index contributed by atoms with van der Waals surface area (Å²) in [7, 11) is -1.65. The van der Waals surface area contributed by atoms with Crippen molar-refractivity contribution in [1.82, 2.24) is 9.79 Å². The van der Waals surface area contributed by atoms with E-state index in [0.29, 0.717) is 6.54 Å². The molecule has 0 aromatic heterocycles. The number of benzene rings is 1. The molecule has 2 rings (SSSR count). The maximum absolute atomic E-state index is 12.7. The normalized spacial score (nSPS) is 23.1. The van der Waals surface area contributed by atoms with Crippen LogP contribution in [0.4, 0.5) is 0 Å². The fourth-order valence-corrected chi connectivity index (χ4v) is 4.54. The summed E-state index contributed by atoms with van der Waals surface area (Å²) in [5.41, 5.74) is 2.26. The first-order chi connectivity index (χ1) is 11.0. The number of hydroxylamine groups is 2. The van der Waals surface area contributed by atoms with Crippen LogP contribution < -0.4 is 4.72 Å². The molecule has 24 heavy (non-hydrogen) atoms. The van der Waals surface area contributed by atoms with E-state index in [-0.39, 0.29) is 24.0 Å². The van der Waals surface area contributed by atoms with Gasteiger partial charge >= 0.3 is 0 Å². The first-order valence-electron chi connectivity index (χ1n) is 8.47. The van der Waals surface area contributed by atoms with Crippen LogP contribution in [0.1, 0.15) is 51.8 Å². The van der Waals surface area contributed by atoms with Crippen molar-refractivity contribution in [2.75, 3.05) is 20.2 Å². The van der Waals surface area contributed by atoms with Crippen LogP contribution in [0.2, 0.25) is 0 Å². The highest BCUT2D eigenvalue weighted by atomic mass is 32.2. The second-order valence-corrected chi connectivity index (χ2v) is 9.97. The molecule has 1 aromatic rings. The average Bonchev–Trinajstić information content (AvgIpc) is 2.87. The molecule has 136 valence electrons. The van der Waals surface area contributed by atoms with Crippen molar-refractivity contribution in [1.29, 1.82) is 0 Å². The first-order valence-corrected chi connectivity index (χ1v) is 10.0. The lowest BCUT2D eigenvalue weighted by Crippen LogP contribution is -2.40. The molecule has 5 nitrogen and oxygen atoms in total. The zero-order valence-electron chi connectivity index (χ0n) is 15.5. The van der Waals surface area contributed by atoms with Crippen LogP contribution in [0.15, 0.2) is 24.3 Å². The maximum Gasteiger partial charge on any atom is 0.218 e. The summed E-state index contributed by atoms with van der Waals surface area (Å²) < 4.78 is 28.1. The number of rotatable bonds is 5. The second kappa shape index (κ2) is 7.12. The zero-order valence-corrected chi connectivity index (χ0v) is 16.4. The van der Waals surface area contributed by atoms with Crippen LogP contribution in [-0.2, 0) is 20.3 Å². The molecular weight excluding hydrogens is 324 g/mol. The highest BCUT2D eigenvalue weighted by Gasteiger charge is 2.43. The molecule has 0 aliphatic carbocycles. The molecule has 0 bridgehead atoms. The van der Waals surface area contributed by atoms with Gasteiger partial charge in [0.05, 0.1) is 12.6 Å². The summed E-state index contributed by atoms with van der Waals surface area (Å²) in [5.74, 6) is 0.268. The van der Waals surface area contributed by atoms with Gasteiger partial charge in [-0.2, -0.15) is 5.06 Å². The summed E-state index contributed by atoms with van der Waals surface area (Å²) in [6, 6.07) is 7.88. The number of hydrogen-bond acceptors (Lipinski definition) is 4. The van der Waals surface area contributed by atoms with Gasteiger partial charge in [0.25, 0.3) is 0 Å². The molecule has 0 spiro atoms. The Bertz CT molecular complexity index is 648. The Morgan fingerprint density at radius 2 is 1.83 bits per heavy atom. The van der Waals surface area contributed by atoms with Gasteiger partial charge in [0.2, 0.25) is 10.0 Å². The largest absolute Gasteiger partial charge is 0.297 e. The number of sulfonamides is 1. The van der Waals surface area contributed by atoms with Crippen molar-refractivity contribution in [3.05, 3.63) is 35.4 Å². The minimum Gasteiger partial charge on any atom is -0.297 e. The van der Waals surface area contributed by atoms with Gasteiger partial charge in [-0.1, -0.05) is 58.9 Å². The third-order valence-corrected chi connectivity index (χ3v) is 6.16. The summed E-state index contributed by atoms with van der Waals surface area (Å²) >= 11 is 0. The topological polar surface area (TPSA) is 58.6 Å². The van der Waals surface area contributed by atoms with Crippen molar-refractivity contribution in [3.8, 4) is 0 Å². The predicted molar refractivity (Wildman–Crippen MR) is 97.1 cm³/mol. The fraction of sp³-hybridized carbons (Fsp3) is 0.667. The van der Waals surface area contributed by atoms with Crippen molar-refractivity contribution >= 4 is 10.0 Å². The summed E-state index contributed by atoms with van der Waals surface area (Å²) in [6.07, 6.45) is 0. The van der Waals surface area contributed by atoms with Gasteiger partial charge in [0.15, 0.2) is 0 Å². The van der Waals surface area contributed by atoms with Crippen LogP contribution in [0, 0.1) is 5.92 Å². The lowest BCUT2D eigenvalue weighted by atomic mass is 9.86. The molecule has 2 atom stereocenters. The third-order valence-electron chi connectivity index (χ3n) is 4.40. The van der Waals surface area contributed by atoms with E-state index in [1.165, 1.54) is 5.56 Å². The van der Waals surface area contributed by atoms with E-state index >= 15 is 0 Å². The van der Waals surface area contributed by atoms with Crippen molar-refractivity contribution in [2.45, 2.75) is 51.3 Å². The smallest absolute Gasteiger partial charge is 0.218 e. The van der Waals surface area contributed by atoms with E-state index in [1.807, 2.05) is 26.0 Å². The quantitative estimate of drug-likeness (QED) is 0.883. The van der Waals surface area contributed by atoms with E-state index in [0.717, 1.165) is 5.56 Å². The molecule has 2 unspecified atom stereocenters. The van der Waals surface area contributed by atoms with E-state index in [4.69, 9.17) is 4.84 Å². The van der Waals surface area contributed by atoms with Gasteiger partial charge in [0, 0.05) is 13.6 Å². The Balaban J connectivity index is 2.26. The molecule has 1 fully saturated rings. The minimum absolute atomic E-state index is 0.0703. The lowest BCUT2D eigenvalue weighted by Gasteiger charge is -2.25. The Labute approximate surface area is 146 Å². The van der Waals surface area contributed by atoms with Crippen LogP contribution in [0.3, 0.4) is 0 Å². The summed E-state index contributed by atoms with van der Waals surface area (Å²) in [6.45, 7) is 11.1. The minimum atomic E-state index is -3.44. The Kier molecular flexibility index (Phi) is 5.75. The van der Waals surface area contributed by atoms with E-state index in [1.54, 1.807) is 12.1 Å². The fourth-order valence-electron chi connectivity index (χ4n) is 2.85. The molecule has 1 saturated heterocycles. The Morgan fingerprint density at radius 3 is 2.33 bits per heavy atom. The number of nitrogens with zero attached hydrogens (tertiary/aromatic N) is 1. The molecule has 0 saturated carbocycles. The first kappa shape index (κ1) is 19.4. The Morgan fingerprint density at radius 1 is 1.25 bits per heavy atom. The van der Waals surface area contributed by atoms with Crippen LogP contribution in [0.5, 0.6) is 0 Å².